The lowest BCUT2D eigenvalue weighted by molar-refractivity contribution is 0.102. The molecule has 0 aliphatic carbocycles. The average Bonchev–Trinajstić information content (AvgIpc) is 2.88. The topological polar surface area (TPSA) is 57.8 Å². The molecule has 0 radical (unpaired) electrons. The van der Waals surface area contributed by atoms with Gasteiger partial charge in [-0.05, 0) is 30.5 Å². The van der Waals surface area contributed by atoms with Crippen LogP contribution in [0.1, 0.15) is 30.0 Å². The number of para-hydroxylation sites is 1. The first-order valence-corrected chi connectivity index (χ1v) is 7.73. The first kappa shape index (κ1) is 16.5. The number of hydrogen-bond donors (Lipinski definition) is 2. The van der Waals surface area contributed by atoms with E-state index in [1.54, 1.807) is 30.3 Å². The molecule has 0 bridgehead atoms. The minimum absolute atomic E-state index is 0.243. The Morgan fingerprint density at radius 2 is 2.09 bits per heavy atom. The van der Waals surface area contributed by atoms with Gasteiger partial charge in [-0.25, -0.2) is 0 Å². The van der Waals surface area contributed by atoms with Gasteiger partial charge in [0.2, 0.25) is 0 Å². The number of nitrogens with zero attached hydrogens (tertiary/aromatic N) is 1. The van der Waals surface area contributed by atoms with Crippen molar-refractivity contribution in [3.63, 3.8) is 0 Å². The van der Waals surface area contributed by atoms with Crippen LogP contribution in [-0.2, 0) is 6.42 Å². The second-order valence-corrected chi connectivity index (χ2v) is 6.24. The number of aromatic amines is 1. The predicted molar refractivity (Wildman–Crippen MR) is 83.4 cm³/mol. The number of anilines is 1. The third-order valence-corrected chi connectivity index (χ3v) is 3.63. The van der Waals surface area contributed by atoms with E-state index in [1.807, 2.05) is 0 Å². The quantitative estimate of drug-likeness (QED) is 0.784. The second kappa shape index (κ2) is 7.40. The van der Waals surface area contributed by atoms with E-state index in [0.717, 1.165) is 12.1 Å². The highest BCUT2D eigenvalue weighted by atomic mass is 32.2. The summed E-state index contributed by atoms with van der Waals surface area (Å²) in [6.07, 6.45) is 0.790. The van der Waals surface area contributed by atoms with Gasteiger partial charge in [0, 0.05) is 10.6 Å². The van der Waals surface area contributed by atoms with Crippen molar-refractivity contribution in [3.8, 4) is 0 Å². The molecule has 0 aliphatic heterocycles. The summed E-state index contributed by atoms with van der Waals surface area (Å²) in [5.41, 5.74) is 1.47. The lowest BCUT2D eigenvalue weighted by atomic mass is 10.1. The van der Waals surface area contributed by atoms with Crippen LogP contribution in [0.25, 0.3) is 0 Å². The zero-order valence-electron chi connectivity index (χ0n) is 12.3. The number of carbonyl (C=O) groups excluding carboxylic acids is 1. The highest BCUT2D eigenvalue weighted by molar-refractivity contribution is 7.99. The largest absolute Gasteiger partial charge is 0.320 e. The van der Waals surface area contributed by atoms with Crippen molar-refractivity contribution in [2.75, 3.05) is 5.32 Å². The summed E-state index contributed by atoms with van der Waals surface area (Å²) in [6, 6.07) is 8.14. The SMILES string of the molecule is CC(C)Cc1cc(C(=O)Nc2ccccc2SC(F)F)n[nH]1. The van der Waals surface area contributed by atoms with E-state index < -0.39 is 11.7 Å². The van der Waals surface area contributed by atoms with Gasteiger partial charge in [0.1, 0.15) is 0 Å². The van der Waals surface area contributed by atoms with E-state index >= 15 is 0 Å². The number of alkyl halides is 2. The van der Waals surface area contributed by atoms with Gasteiger partial charge in [-0.2, -0.15) is 13.9 Å². The molecule has 0 spiro atoms. The molecule has 0 saturated heterocycles. The fraction of sp³-hybridized carbons (Fsp3) is 0.333. The van der Waals surface area contributed by atoms with E-state index in [2.05, 4.69) is 29.4 Å². The molecule has 22 heavy (non-hydrogen) atoms. The highest BCUT2D eigenvalue weighted by Gasteiger charge is 2.15. The Kier molecular flexibility index (Phi) is 5.54. The number of halogens is 2. The van der Waals surface area contributed by atoms with Crippen LogP contribution in [0.5, 0.6) is 0 Å². The number of rotatable bonds is 6. The molecule has 1 aromatic heterocycles. The summed E-state index contributed by atoms with van der Waals surface area (Å²) in [7, 11) is 0. The van der Waals surface area contributed by atoms with Crippen molar-refractivity contribution in [1.82, 2.24) is 10.2 Å². The third-order valence-electron chi connectivity index (χ3n) is 2.84. The maximum absolute atomic E-state index is 12.5. The molecule has 118 valence electrons. The number of benzene rings is 1. The maximum Gasteiger partial charge on any atom is 0.288 e. The molecule has 1 amide bonds. The van der Waals surface area contributed by atoms with Crippen LogP contribution in [0.3, 0.4) is 0 Å². The minimum Gasteiger partial charge on any atom is -0.320 e. The molecule has 1 aromatic carbocycles. The van der Waals surface area contributed by atoms with Crippen LogP contribution < -0.4 is 5.32 Å². The summed E-state index contributed by atoms with van der Waals surface area (Å²) < 4.78 is 25.0. The van der Waals surface area contributed by atoms with Gasteiger partial charge in [0.05, 0.1) is 5.69 Å². The van der Waals surface area contributed by atoms with Crippen molar-refractivity contribution < 1.29 is 13.6 Å². The van der Waals surface area contributed by atoms with Gasteiger partial charge in [0.15, 0.2) is 5.69 Å². The van der Waals surface area contributed by atoms with Crippen molar-refractivity contribution in [2.45, 2.75) is 30.9 Å². The van der Waals surface area contributed by atoms with Crippen molar-refractivity contribution in [3.05, 3.63) is 41.7 Å². The molecule has 2 aromatic rings. The lowest BCUT2D eigenvalue weighted by Gasteiger charge is -2.09. The van der Waals surface area contributed by atoms with E-state index in [4.69, 9.17) is 0 Å². The molecule has 0 atom stereocenters. The maximum atomic E-state index is 12.5. The zero-order chi connectivity index (χ0) is 16.1. The fourth-order valence-electron chi connectivity index (χ4n) is 1.98. The van der Waals surface area contributed by atoms with E-state index in [1.165, 1.54) is 0 Å². The number of amides is 1. The molecule has 2 N–H and O–H groups in total. The van der Waals surface area contributed by atoms with E-state index in [-0.39, 0.29) is 5.69 Å². The van der Waals surface area contributed by atoms with Crippen LogP contribution in [-0.4, -0.2) is 21.9 Å². The Bertz CT molecular complexity index is 643. The fourth-order valence-corrected chi connectivity index (χ4v) is 2.57. The van der Waals surface area contributed by atoms with Gasteiger partial charge in [-0.3, -0.25) is 9.89 Å². The van der Waals surface area contributed by atoms with Crippen molar-refractivity contribution >= 4 is 23.4 Å². The second-order valence-electron chi connectivity index (χ2n) is 5.21. The molecule has 0 saturated carbocycles. The molecule has 0 unspecified atom stereocenters. The Balaban J connectivity index is 2.10. The lowest BCUT2D eigenvalue weighted by Crippen LogP contribution is -2.13. The summed E-state index contributed by atoms with van der Waals surface area (Å²) in [5.74, 6) is -2.52. The van der Waals surface area contributed by atoms with E-state index in [0.29, 0.717) is 28.3 Å². The summed E-state index contributed by atoms with van der Waals surface area (Å²) in [5, 5.41) is 9.40. The Morgan fingerprint density at radius 1 is 1.36 bits per heavy atom. The summed E-state index contributed by atoms with van der Waals surface area (Å²) >= 11 is 0.400. The number of carbonyl (C=O) groups is 1. The van der Waals surface area contributed by atoms with E-state index in [9.17, 15) is 13.6 Å². The number of hydrogen-bond acceptors (Lipinski definition) is 3. The van der Waals surface area contributed by atoms with Crippen LogP contribution in [0.2, 0.25) is 0 Å². The molecule has 2 rings (SSSR count). The van der Waals surface area contributed by atoms with Gasteiger partial charge >= 0.3 is 0 Å². The summed E-state index contributed by atoms with van der Waals surface area (Å²) in [4.78, 5) is 12.5. The van der Waals surface area contributed by atoms with Gasteiger partial charge in [-0.1, -0.05) is 37.7 Å². The normalized spacial score (nSPS) is 11.2. The van der Waals surface area contributed by atoms with Crippen LogP contribution in [0.15, 0.2) is 35.2 Å². The Morgan fingerprint density at radius 3 is 2.77 bits per heavy atom. The number of H-pyrrole nitrogens is 1. The third kappa shape index (κ3) is 4.56. The molecular formula is C15H17F2N3OS. The molecule has 7 heteroatoms. The van der Waals surface area contributed by atoms with Crippen molar-refractivity contribution in [1.29, 1.82) is 0 Å². The standard InChI is InChI=1S/C15H17F2N3OS/c1-9(2)7-10-8-12(20-19-10)14(21)18-11-5-3-4-6-13(11)22-15(16)17/h3-6,8-9,15H,7H2,1-2H3,(H,18,21)(H,19,20). The van der Waals surface area contributed by atoms with Crippen LogP contribution in [0, 0.1) is 5.92 Å². The molecule has 1 heterocycles. The monoisotopic (exact) mass is 325 g/mol. The number of nitrogens with one attached hydrogen (secondary N) is 2. The number of aromatic nitrogens is 2. The Hall–Kier alpha value is -1.89. The predicted octanol–water partition coefficient (Wildman–Crippen LogP) is 4.18. The first-order chi connectivity index (χ1) is 10.5. The van der Waals surface area contributed by atoms with Gasteiger partial charge in [0.25, 0.3) is 11.7 Å². The molecule has 0 fully saturated rings. The molecular weight excluding hydrogens is 308 g/mol. The van der Waals surface area contributed by atoms with Gasteiger partial charge < -0.3 is 5.32 Å². The van der Waals surface area contributed by atoms with Crippen molar-refractivity contribution in [2.24, 2.45) is 5.92 Å². The number of thioether (sulfide) groups is 1. The Labute approximate surface area is 131 Å². The minimum atomic E-state index is -2.54. The first-order valence-electron chi connectivity index (χ1n) is 6.85. The van der Waals surface area contributed by atoms with Crippen LogP contribution >= 0.6 is 11.8 Å². The smallest absolute Gasteiger partial charge is 0.288 e. The van der Waals surface area contributed by atoms with Gasteiger partial charge in [-0.15, -0.1) is 0 Å². The molecule has 0 aliphatic rings. The van der Waals surface area contributed by atoms with Crippen LogP contribution in [0.4, 0.5) is 14.5 Å². The molecule has 4 nitrogen and oxygen atoms in total. The summed E-state index contributed by atoms with van der Waals surface area (Å²) in [6.45, 7) is 4.14. The average molecular weight is 325 g/mol. The zero-order valence-corrected chi connectivity index (χ0v) is 13.1. The highest BCUT2D eigenvalue weighted by Crippen LogP contribution is 2.31.